The predicted molar refractivity (Wildman–Crippen MR) is 55.4 cm³/mol. The van der Waals surface area contributed by atoms with Gasteiger partial charge in [0, 0.05) is 23.1 Å². The lowest BCUT2D eigenvalue weighted by Crippen LogP contribution is -2.03. The quantitative estimate of drug-likeness (QED) is 0.848. The number of aryl methyl sites for hydroxylation is 1. The summed E-state index contributed by atoms with van der Waals surface area (Å²) in [5, 5.41) is 9.76. The molecule has 2 rings (SSSR count). The van der Waals surface area contributed by atoms with Crippen LogP contribution >= 0.6 is 15.9 Å². The molecule has 0 amide bonds. The van der Waals surface area contributed by atoms with E-state index in [1.165, 1.54) is 0 Å². The van der Waals surface area contributed by atoms with Crippen molar-refractivity contribution in [3.63, 3.8) is 0 Å². The summed E-state index contributed by atoms with van der Waals surface area (Å²) in [5.41, 5.74) is 1.06. The standard InChI is InChI=1S/C9H7BrN2O2/c1-12-7(9(13)14)2-5-6(10)3-11-4-8(5)12/h2-4H,1H3,(H,13,14). The third-order valence-corrected chi connectivity index (χ3v) is 2.77. The number of aromatic nitrogens is 2. The Morgan fingerprint density at radius 2 is 2.29 bits per heavy atom. The number of hydrogen-bond acceptors (Lipinski definition) is 2. The van der Waals surface area contributed by atoms with Gasteiger partial charge in [-0.25, -0.2) is 4.79 Å². The molecule has 0 bridgehead atoms. The van der Waals surface area contributed by atoms with Crippen molar-refractivity contribution in [1.29, 1.82) is 0 Å². The number of carboxylic acids is 1. The number of fused-ring (bicyclic) bond motifs is 1. The van der Waals surface area contributed by atoms with Crippen molar-refractivity contribution < 1.29 is 9.90 Å². The van der Waals surface area contributed by atoms with E-state index in [-0.39, 0.29) is 5.69 Å². The summed E-state index contributed by atoms with van der Waals surface area (Å²) in [5.74, 6) is -0.935. The van der Waals surface area contributed by atoms with Gasteiger partial charge in [0.15, 0.2) is 0 Å². The zero-order valence-electron chi connectivity index (χ0n) is 7.36. The highest BCUT2D eigenvalue weighted by atomic mass is 79.9. The Hall–Kier alpha value is -1.36. The van der Waals surface area contributed by atoms with Crippen LogP contribution in [0.5, 0.6) is 0 Å². The third-order valence-electron chi connectivity index (χ3n) is 2.14. The zero-order valence-corrected chi connectivity index (χ0v) is 8.95. The van der Waals surface area contributed by atoms with Gasteiger partial charge < -0.3 is 9.67 Å². The Labute approximate surface area is 88.3 Å². The first-order valence-electron chi connectivity index (χ1n) is 3.93. The number of hydrogen-bond donors (Lipinski definition) is 1. The molecule has 4 nitrogen and oxygen atoms in total. The van der Waals surface area contributed by atoms with E-state index in [4.69, 9.17) is 5.11 Å². The highest BCUT2D eigenvalue weighted by Crippen LogP contribution is 2.25. The summed E-state index contributed by atoms with van der Waals surface area (Å²) < 4.78 is 2.41. The molecule has 0 spiro atoms. The van der Waals surface area contributed by atoms with E-state index in [1.807, 2.05) is 0 Å². The molecule has 0 unspecified atom stereocenters. The van der Waals surface area contributed by atoms with Gasteiger partial charge in [0.1, 0.15) is 5.69 Å². The van der Waals surface area contributed by atoms with Crippen LogP contribution < -0.4 is 0 Å². The largest absolute Gasteiger partial charge is 0.477 e. The second-order valence-corrected chi connectivity index (χ2v) is 3.80. The molecule has 0 aliphatic carbocycles. The maximum atomic E-state index is 10.8. The van der Waals surface area contributed by atoms with Crippen molar-refractivity contribution in [3.8, 4) is 0 Å². The van der Waals surface area contributed by atoms with Crippen LogP contribution in [-0.4, -0.2) is 20.6 Å². The second kappa shape index (κ2) is 3.09. The molecular weight excluding hydrogens is 248 g/mol. The van der Waals surface area contributed by atoms with Crippen LogP contribution in [0, 0.1) is 0 Å². The van der Waals surface area contributed by atoms with Crippen molar-refractivity contribution in [2.45, 2.75) is 0 Å². The number of carboxylic acid groups (broad SMARTS) is 1. The molecule has 0 aromatic carbocycles. The van der Waals surface area contributed by atoms with E-state index in [2.05, 4.69) is 20.9 Å². The maximum absolute atomic E-state index is 10.8. The summed E-state index contributed by atoms with van der Waals surface area (Å²) in [6.45, 7) is 0. The molecule has 1 N–H and O–H groups in total. The van der Waals surface area contributed by atoms with Crippen LogP contribution in [0.2, 0.25) is 0 Å². The first-order chi connectivity index (χ1) is 6.61. The minimum atomic E-state index is -0.935. The molecule has 2 aromatic rings. The molecule has 5 heteroatoms. The van der Waals surface area contributed by atoms with Crippen LogP contribution in [0.25, 0.3) is 10.9 Å². The molecule has 2 aromatic heterocycles. The summed E-state index contributed by atoms with van der Waals surface area (Å²) in [6.07, 6.45) is 3.29. The Balaban J connectivity index is 2.86. The number of rotatable bonds is 1. The molecule has 0 saturated carbocycles. The van der Waals surface area contributed by atoms with Gasteiger partial charge in [-0.2, -0.15) is 0 Å². The van der Waals surface area contributed by atoms with Crippen molar-refractivity contribution in [1.82, 2.24) is 9.55 Å². The van der Waals surface area contributed by atoms with Gasteiger partial charge in [-0.3, -0.25) is 4.98 Å². The molecule has 0 aliphatic heterocycles. The highest BCUT2D eigenvalue weighted by Gasteiger charge is 2.13. The Morgan fingerprint density at radius 1 is 1.57 bits per heavy atom. The van der Waals surface area contributed by atoms with Gasteiger partial charge in [-0.1, -0.05) is 0 Å². The van der Waals surface area contributed by atoms with Crippen molar-refractivity contribution in [3.05, 3.63) is 28.6 Å². The average molecular weight is 255 g/mol. The minimum Gasteiger partial charge on any atom is -0.477 e. The maximum Gasteiger partial charge on any atom is 0.352 e. The van der Waals surface area contributed by atoms with Crippen LogP contribution in [0.15, 0.2) is 22.9 Å². The first kappa shape index (κ1) is 9.21. The topological polar surface area (TPSA) is 55.1 Å². The molecule has 14 heavy (non-hydrogen) atoms. The molecule has 0 fully saturated rings. The fourth-order valence-corrected chi connectivity index (χ4v) is 1.85. The van der Waals surface area contributed by atoms with Gasteiger partial charge in [-0.05, 0) is 22.0 Å². The first-order valence-corrected chi connectivity index (χ1v) is 4.73. The molecule has 0 radical (unpaired) electrons. The molecule has 0 saturated heterocycles. The van der Waals surface area contributed by atoms with Crippen LogP contribution in [0.1, 0.15) is 10.5 Å². The van der Waals surface area contributed by atoms with Crippen molar-refractivity contribution in [2.75, 3.05) is 0 Å². The lowest BCUT2D eigenvalue weighted by molar-refractivity contribution is 0.0687. The van der Waals surface area contributed by atoms with E-state index >= 15 is 0 Å². The minimum absolute atomic E-state index is 0.258. The van der Waals surface area contributed by atoms with Crippen molar-refractivity contribution >= 4 is 32.8 Å². The number of pyridine rings is 1. The summed E-state index contributed by atoms with van der Waals surface area (Å²) in [6, 6.07) is 1.63. The number of aromatic carboxylic acids is 1. The molecule has 0 aliphatic rings. The third kappa shape index (κ3) is 1.21. The number of halogens is 1. The molecule has 0 atom stereocenters. The summed E-state index contributed by atoms with van der Waals surface area (Å²) in [7, 11) is 1.71. The van der Waals surface area contributed by atoms with Crippen molar-refractivity contribution in [2.24, 2.45) is 7.05 Å². The van der Waals surface area contributed by atoms with Gasteiger partial charge in [0.05, 0.1) is 11.7 Å². The molecule has 2 heterocycles. The smallest absolute Gasteiger partial charge is 0.352 e. The van der Waals surface area contributed by atoms with Gasteiger partial charge in [0.2, 0.25) is 0 Å². The van der Waals surface area contributed by atoms with Gasteiger partial charge in [-0.15, -0.1) is 0 Å². The summed E-state index contributed by atoms with van der Waals surface area (Å²) >= 11 is 3.32. The zero-order chi connectivity index (χ0) is 10.3. The van der Waals surface area contributed by atoms with E-state index in [9.17, 15) is 4.79 Å². The normalized spacial score (nSPS) is 10.7. The number of carbonyl (C=O) groups is 1. The Morgan fingerprint density at radius 3 is 2.86 bits per heavy atom. The van der Waals surface area contributed by atoms with E-state index in [0.29, 0.717) is 0 Å². The second-order valence-electron chi connectivity index (χ2n) is 2.95. The van der Waals surface area contributed by atoms with Gasteiger partial charge >= 0.3 is 5.97 Å². The van der Waals surface area contributed by atoms with Crippen LogP contribution in [-0.2, 0) is 7.05 Å². The fraction of sp³-hybridized carbons (Fsp3) is 0.111. The lowest BCUT2D eigenvalue weighted by Gasteiger charge is -1.98. The van der Waals surface area contributed by atoms with E-state index in [0.717, 1.165) is 15.4 Å². The monoisotopic (exact) mass is 254 g/mol. The van der Waals surface area contributed by atoms with Crippen LogP contribution in [0.4, 0.5) is 0 Å². The highest BCUT2D eigenvalue weighted by molar-refractivity contribution is 9.10. The summed E-state index contributed by atoms with van der Waals surface area (Å²) in [4.78, 5) is 14.8. The van der Waals surface area contributed by atoms with Gasteiger partial charge in [0.25, 0.3) is 0 Å². The molecule has 72 valence electrons. The Bertz CT molecular complexity index is 519. The Kier molecular flexibility index (Phi) is 2.03. The predicted octanol–water partition coefficient (Wildman–Crippen LogP) is 2.03. The van der Waals surface area contributed by atoms with Crippen LogP contribution in [0.3, 0.4) is 0 Å². The SMILES string of the molecule is Cn1c(C(=O)O)cc2c(Br)cncc21. The van der Waals surface area contributed by atoms with E-state index < -0.39 is 5.97 Å². The fourth-order valence-electron chi connectivity index (χ4n) is 1.41. The lowest BCUT2D eigenvalue weighted by atomic mass is 10.3. The average Bonchev–Trinajstić information content (AvgIpc) is 2.46. The van der Waals surface area contributed by atoms with E-state index in [1.54, 1.807) is 30.1 Å². The number of nitrogens with zero attached hydrogens (tertiary/aromatic N) is 2. The molecular formula is C9H7BrN2O2.